The Morgan fingerprint density at radius 2 is 2.21 bits per heavy atom. The lowest BCUT2D eigenvalue weighted by Crippen LogP contribution is -2.04. The summed E-state index contributed by atoms with van der Waals surface area (Å²) in [6.07, 6.45) is 1.17. The van der Waals surface area contributed by atoms with E-state index >= 15 is 0 Å². The maximum absolute atomic E-state index is 11.2. The van der Waals surface area contributed by atoms with Gasteiger partial charge in [-0.25, -0.2) is 4.98 Å². The van der Waals surface area contributed by atoms with Gasteiger partial charge in [0.25, 0.3) is 0 Å². The monoisotopic (exact) mass is 276 g/mol. The molecule has 0 aliphatic heterocycles. The zero-order valence-corrected chi connectivity index (χ0v) is 11.8. The first-order chi connectivity index (χ1) is 9.22. The number of ether oxygens (including phenoxy) is 1. The standard InChI is InChI=1S/C14H16N2O2S/c1-3-10-6-4-5-7-12(10)16-14-15-11(9-19-14)8-13(17)18-2/h4-7,9H,3,8H2,1-2H3,(H,15,16). The molecule has 0 spiro atoms. The van der Waals surface area contributed by atoms with Gasteiger partial charge in [0.2, 0.25) is 0 Å². The van der Waals surface area contributed by atoms with Gasteiger partial charge in [-0.1, -0.05) is 25.1 Å². The van der Waals surface area contributed by atoms with Gasteiger partial charge in [0.15, 0.2) is 5.13 Å². The van der Waals surface area contributed by atoms with Crippen LogP contribution in [0.4, 0.5) is 10.8 Å². The molecular formula is C14H16N2O2S. The summed E-state index contributed by atoms with van der Waals surface area (Å²) in [6.45, 7) is 2.12. The molecule has 1 aromatic carbocycles. The lowest BCUT2D eigenvalue weighted by molar-refractivity contribution is -0.139. The van der Waals surface area contributed by atoms with E-state index < -0.39 is 0 Å². The number of carbonyl (C=O) groups is 1. The maximum Gasteiger partial charge on any atom is 0.311 e. The van der Waals surface area contributed by atoms with Crippen molar-refractivity contribution in [3.05, 3.63) is 40.9 Å². The molecule has 1 N–H and O–H groups in total. The number of nitrogens with zero attached hydrogens (tertiary/aromatic N) is 1. The van der Waals surface area contributed by atoms with Gasteiger partial charge in [0, 0.05) is 11.1 Å². The molecule has 1 heterocycles. The summed E-state index contributed by atoms with van der Waals surface area (Å²) in [4.78, 5) is 15.5. The molecule has 0 aliphatic rings. The van der Waals surface area contributed by atoms with Crippen LogP contribution in [0.5, 0.6) is 0 Å². The summed E-state index contributed by atoms with van der Waals surface area (Å²) < 4.78 is 4.62. The van der Waals surface area contributed by atoms with Crippen molar-refractivity contribution in [3.8, 4) is 0 Å². The fourth-order valence-corrected chi connectivity index (χ4v) is 2.45. The third-order valence-corrected chi connectivity index (χ3v) is 3.55. The van der Waals surface area contributed by atoms with Crippen LogP contribution in [-0.2, 0) is 22.4 Å². The molecule has 100 valence electrons. The number of para-hydroxylation sites is 1. The minimum absolute atomic E-state index is 0.212. The highest BCUT2D eigenvalue weighted by molar-refractivity contribution is 7.13. The summed E-state index contributed by atoms with van der Waals surface area (Å²) in [7, 11) is 1.38. The van der Waals surface area contributed by atoms with Crippen molar-refractivity contribution in [3.63, 3.8) is 0 Å². The molecule has 0 amide bonds. The molecule has 1 aromatic heterocycles. The highest BCUT2D eigenvalue weighted by Gasteiger charge is 2.08. The number of benzene rings is 1. The third-order valence-electron chi connectivity index (χ3n) is 2.74. The summed E-state index contributed by atoms with van der Waals surface area (Å²) in [5, 5.41) is 5.95. The quantitative estimate of drug-likeness (QED) is 0.852. The molecule has 5 heteroatoms. The molecule has 0 radical (unpaired) electrons. The second-order valence-corrected chi connectivity index (χ2v) is 4.89. The molecule has 19 heavy (non-hydrogen) atoms. The zero-order valence-electron chi connectivity index (χ0n) is 11.0. The topological polar surface area (TPSA) is 51.2 Å². The van der Waals surface area contributed by atoms with Crippen molar-refractivity contribution < 1.29 is 9.53 Å². The highest BCUT2D eigenvalue weighted by atomic mass is 32.1. The van der Waals surface area contributed by atoms with Gasteiger partial charge in [-0.15, -0.1) is 11.3 Å². The third kappa shape index (κ3) is 3.54. The Morgan fingerprint density at radius 3 is 2.95 bits per heavy atom. The van der Waals surface area contributed by atoms with Crippen molar-refractivity contribution in [2.45, 2.75) is 19.8 Å². The minimum Gasteiger partial charge on any atom is -0.469 e. The van der Waals surface area contributed by atoms with Gasteiger partial charge in [-0.2, -0.15) is 0 Å². The normalized spacial score (nSPS) is 10.2. The first-order valence-electron chi connectivity index (χ1n) is 6.09. The molecule has 0 fully saturated rings. The Kier molecular flexibility index (Phi) is 4.52. The first-order valence-corrected chi connectivity index (χ1v) is 6.97. The Morgan fingerprint density at radius 1 is 1.42 bits per heavy atom. The van der Waals surface area contributed by atoms with Gasteiger partial charge < -0.3 is 10.1 Å². The Bertz CT molecular complexity index is 566. The molecule has 2 rings (SSSR count). The lowest BCUT2D eigenvalue weighted by Gasteiger charge is -2.07. The lowest BCUT2D eigenvalue weighted by atomic mass is 10.1. The van der Waals surface area contributed by atoms with Crippen molar-refractivity contribution >= 4 is 28.1 Å². The van der Waals surface area contributed by atoms with E-state index in [0.717, 1.165) is 22.9 Å². The Hall–Kier alpha value is -1.88. The number of anilines is 2. The minimum atomic E-state index is -0.272. The van der Waals surface area contributed by atoms with Crippen LogP contribution in [0, 0.1) is 0 Å². The molecule has 0 bridgehead atoms. The number of carbonyl (C=O) groups excluding carboxylic acids is 1. The van der Waals surface area contributed by atoms with Gasteiger partial charge in [0.1, 0.15) is 0 Å². The van der Waals surface area contributed by atoms with Crippen LogP contribution in [0.25, 0.3) is 0 Å². The van der Waals surface area contributed by atoms with Gasteiger partial charge >= 0.3 is 5.97 Å². The number of thiazole rings is 1. The summed E-state index contributed by atoms with van der Waals surface area (Å²) in [5.74, 6) is -0.272. The summed E-state index contributed by atoms with van der Waals surface area (Å²) in [5.41, 5.74) is 3.03. The second-order valence-electron chi connectivity index (χ2n) is 4.03. The molecule has 4 nitrogen and oxygen atoms in total. The first kappa shape index (κ1) is 13.5. The molecular weight excluding hydrogens is 260 g/mol. The van der Waals surface area contributed by atoms with Crippen molar-refractivity contribution in [1.82, 2.24) is 4.98 Å². The number of aryl methyl sites for hydroxylation is 1. The predicted molar refractivity (Wildman–Crippen MR) is 76.9 cm³/mol. The van der Waals surface area contributed by atoms with E-state index in [-0.39, 0.29) is 12.4 Å². The zero-order chi connectivity index (χ0) is 13.7. The number of methoxy groups -OCH3 is 1. The van der Waals surface area contributed by atoms with E-state index in [1.807, 2.05) is 23.6 Å². The van der Waals surface area contributed by atoms with E-state index in [1.165, 1.54) is 24.0 Å². The van der Waals surface area contributed by atoms with Crippen LogP contribution < -0.4 is 5.32 Å². The van der Waals surface area contributed by atoms with E-state index in [4.69, 9.17) is 0 Å². The number of nitrogens with one attached hydrogen (secondary N) is 1. The number of aromatic nitrogens is 1. The fourth-order valence-electron chi connectivity index (χ4n) is 1.73. The van der Waals surface area contributed by atoms with E-state index in [1.54, 1.807) is 0 Å². The fraction of sp³-hybridized carbons (Fsp3) is 0.286. The predicted octanol–water partition coefficient (Wildman–Crippen LogP) is 3.16. The molecule has 0 aliphatic carbocycles. The average Bonchev–Trinajstić information content (AvgIpc) is 2.86. The van der Waals surface area contributed by atoms with Crippen LogP contribution >= 0.6 is 11.3 Å². The molecule has 0 saturated carbocycles. The van der Waals surface area contributed by atoms with Crippen LogP contribution in [0.15, 0.2) is 29.6 Å². The molecule has 0 atom stereocenters. The Balaban J connectivity index is 2.09. The molecule has 0 unspecified atom stereocenters. The van der Waals surface area contributed by atoms with Gasteiger partial charge in [0.05, 0.1) is 19.2 Å². The molecule has 0 saturated heterocycles. The average molecular weight is 276 g/mol. The maximum atomic E-state index is 11.2. The van der Waals surface area contributed by atoms with Crippen molar-refractivity contribution in [2.75, 3.05) is 12.4 Å². The number of esters is 1. The Labute approximate surface area is 116 Å². The SMILES string of the molecule is CCc1ccccc1Nc1nc(CC(=O)OC)cs1. The number of hydrogen-bond donors (Lipinski definition) is 1. The van der Waals surface area contributed by atoms with E-state index in [0.29, 0.717) is 0 Å². The smallest absolute Gasteiger partial charge is 0.311 e. The van der Waals surface area contributed by atoms with Crippen molar-refractivity contribution in [2.24, 2.45) is 0 Å². The van der Waals surface area contributed by atoms with Crippen LogP contribution in [0.1, 0.15) is 18.2 Å². The van der Waals surface area contributed by atoms with Crippen LogP contribution in [0.2, 0.25) is 0 Å². The van der Waals surface area contributed by atoms with Gasteiger partial charge in [-0.05, 0) is 18.1 Å². The van der Waals surface area contributed by atoms with Crippen LogP contribution in [-0.4, -0.2) is 18.1 Å². The largest absolute Gasteiger partial charge is 0.469 e. The van der Waals surface area contributed by atoms with E-state index in [2.05, 4.69) is 28.0 Å². The number of rotatable bonds is 5. The molecule has 2 aromatic rings. The van der Waals surface area contributed by atoms with E-state index in [9.17, 15) is 4.79 Å². The van der Waals surface area contributed by atoms with Gasteiger partial charge in [-0.3, -0.25) is 4.79 Å². The summed E-state index contributed by atoms with van der Waals surface area (Å²) in [6, 6.07) is 8.13. The van der Waals surface area contributed by atoms with Crippen LogP contribution in [0.3, 0.4) is 0 Å². The highest BCUT2D eigenvalue weighted by Crippen LogP contribution is 2.24. The second kappa shape index (κ2) is 6.33. The number of hydrogen-bond acceptors (Lipinski definition) is 5. The summed E-state index contributed by atoms with van der Waals surface area (Å²) >= 11 is 1.49. The van der Waals surface area contributed by atoms with Crippen molar-refractivity contribution in [1.29, 1.82) is 0 Å².